The second-order valence-electron chi connectivity index (χ2n) is 6.77. The van der Waals surface area contributed by atoms with E-state index in [9.17, 15) is 5.21 Å². The van der Waals surface area contributed by atoms with Crippen LogP contribution in [0.25, 0.3) is 0 Å². The predicted octanol–water partition coefficient (Wildman–Crippen LogP) is 2.40. The van der Waals surface area contributed by atoms with Crippen molar-refractivity contribution in [2.24, 2.45) is 0 Å². The molecule has 0 amide bonds. The average Bonchev–Trinajstić information content (AvgIpc) is 3.15. The highest BCUT2D eigenvalue weighted by molar-refractivity contribution is 5.56. The minimum Gasteiger partial charge on any atom is -0.632 e. The summed E-state index contributed by atoms with van der Waals surface area (Å²) < 4.78 is 16.5. The lowest BCUT2D eigenvalue weighted by Crippen LogP contribution is -2.61. The van der Waals surface area contributed by atoms with Gasteiger partial charge in [-0.2, -0.15) is 0 Å². The minimum absolute atomic E-state index is 0.0342. The number of quaternary nitrogens is 1. The third-order valence-corrected chi connectivity index (χ3v) is 5.86. The van der Waals surface area contributed by atoms with Crippen molar-refractivity contribution in [3.05, 3.63) is 52.3 Å². The highest BCUT2D eigenvalue weighted by atomic mass is 16.7. The molecule has 0 aromatic heterocycles. The van der Waals surface area contributed by atoms with Gasteiger partial charge in [0.25, 0.3) is 0 Å². The number of hydrogen-bond acceptors (Lipinski definition) is 4. The quantitative estimate of drug-likeness (QED) is 0.590. The van der Waals surface area contributed by atoms with Gasteiger partial charge in [0.1, 0.15) is 0 Å². The molecule has 3 aliphatic heterocycles. The van der Waals surface area contributed by atoms with Crippen molar-refractivity contribution < 1.29 is 18.9 Å². The van der Waals surface area contributed by atoms with E-state index in [1.807, 2.05) is 6.07 Å². The van der Waals surface area contributed by atoms with E-state index >= 15 is 0 Å². The van der Waals surface area contributed by atoms with E-state index in [4.69, 9.17) is 14.2 Å². The van der Waals surface area contributed by atoms with Gasteiger partial charge in [0, 0.05) is 31.1 Å². The highest BCUT2D eigenvalue weighted by Crippen LogP contribution is 2.56. The number of methoxy groups -OCH3 is 1. The molecule has 1 spiro atoms. The lowest BCUT2D eigenvalue weighted by atomic mass is 9.71. The molecule has 1 aromatic carbocycles. The third kappa shape index (κ3) is 1.57. The van der Waals surface area contributed by atoms with Crippen LogP contribution in [-0.2, 0) is 16.7 Å². The number of nitrogens with zero attached hydrogens (tertiary/aromatic N) is 1. The first-order valence-electron chi connectivity index (χ1n) is 8.09. The maximum absolute atomic E-state index is 13.7. The van der Waals surface area contributed by atoms with Crippen LogP contribution in [0, 0.1) is 5.21 Å². The third-order valence-electron chi connectivity index (χ3n) is 5.86. The normalized spacial score (nSPS) is 36.3. The van der Waals surface area contributed by atoms with Crippen molar-refractivity contribution in [1.29, 1.82) is 0 Å². The molecule has 0 N–H and O–H groups in total. The van der Waals surface area contributed by atoms with Gasteiger partial charge in [-0.3, -0.25) is 0 Å². The van der Waals surface area contributed by atoms with Gasteiger partial charge >= 0.3 is 0 Å². The molecular weight excluding hydrogens is 294 g/mol. The molecule has 120 valence electrons. The fraction of sp³-hybridized carbons (Fsp3) is 0.444. The Labute approximate surface area is 134 Å². The number of ether oxygens (including phenoxy) is 3. The summed E-state index contributed by atoms with van der Waals surface area (Å²) in [5.74, 6) is 1.55. The highest BCUT2D eigenvalue weighted by Gasteiger charge is 2.58. The van der Waals surface area contributed by atoms with Crippen LogP contribution < -0.4 is 9.47 Å². The molecule has 0 radical (unpaired) electrons. The van der Waals surface area contributed by atoms with E-state index in [0.29, 0.717) is 19.5 Å². The Kier molecular flexibility index (Phi) is 2.59. The molecule has 1 unspecified atom stereocenters. The molecule has 0 saturated heterocycles. The van der Waals surface area contributed by atoms with E-state index in [-0.39, 0.29) is 17.5 Å². The summed E-state index contributed by atoms with van der Waals surface area (Å²) in [4.78, 5) is 0. The number of rotatable bonds is 1. The topological polar surface area (TPSA) is 50.8 Å². The molecule has 5 heteroatoms. The Morgan fingerprint density at radius 1 is 1.30 bits per heavy atom. The predicted molar refractivity (Wildman–Crippen MR) is 83.9 cm³/mol. The Morgan fingerprint density at radius 2 is 2.13 bits per heavy atom. The lowest BCUT2D eigenvalue weighted by Gasteiger charge is -2.58. The first-order chi connectivity index (χ1) is 11.2. The Balaban J connectivity index is 1.76. The van der Waals surface area contributed by atoms with Crippen molar-refractivity contribution in [1.82, 2.24) is 0 Å². The van der Waals surface area contributed by atoms with Crippen molar-refractivity contribution in [3.63, 3.8) is 0 Å². The molecule has 0 bridgehead atoms. The average molecular weight is 313 g/mol. The molecule has 5 nitrogen and oxygen atoms in total. The molecule has 3 atom stereocenters. The summed E-state index contributed by atoms with van der Waals surface area (Å²) in [6.07, 6.45) is 7.67. The second-order valence-corrected chi connectivity index (χ2v) is 6.77. The number of fused-ring (bicyclic) bond motifs is 2. The van der Waals surface area contributed by atoms with Crippen molar-refractivity contribution >= 4 is 0 Å². The first-order valence-corrected chi connectivity index (χ1v) is 8.09. The number of hydroxylamine groups is 3. The van der Waals surface area contributed by atoms with Crippen LogP contribution in [0.15, 0.2) is 35.9 Å². The molecule has 0 fully saturated rings. The fourth-order valence-corrected chi connectivity index (χ4v) is 4.67. The van der Waals surface area contributed by atoms with Gasteiger partial charge in [-0.1, -0.05) is 12.2 Å². The maximum Gasteiger partial charge on any atom is 0.231 e. The van der Waals surface area contributed by atoms with Crippen LogP contribution >= 0.6 is 0 Å². The molecule has 0 saturated carbocycles. The summed E-state index contributed by atoms with van der Waals surface area (Å²) in [6, 6.07) is 4.10. The van der Waals surface area contributed by atoms with E-state index in [1.54, 1.807) is 7.11 Å². The van der Waals surface area contributed by atoms with Crippen LogP contribution in [0.2, 0.25) is 0 Å². The molecule has 4 aliphatic rings. The second kappa shape index (κ2) is 4.38. The van der Waals surface area contributed by atoms with Gasteiger partial charge in [-0.15, -0.1) is 0 Å². The summed E-state index contributed by atoms with van der Waals surface area (Å²) in [5.41, 5.74) is 2.86. The van der Waals surface area contributed by atoms with Gasteiger partial charge in [-0.25, -0.2) is 0 Å². The smallest absolute Gasteiger partial charge is 0.231 e. The first kappa shape index (κ1) is 13.6. The Bertz CT molecular complexity index is 756. The summed E-state index contributed by atoms with van der Waals surface area (Å²) >= 11 is 0. The zero-order valence-corrected chi connectivity index (χ0v) is 13.1. The standard InChI is InChI=1S/C18H19NO4/c1-21-14-3-2-13-5-7-19(20)6-4-12-8-16-17(23-11-22-16)9-15(12)18(13,19)10-14/h2-3,5,8-9,14H,4,6-7,10-11H2,1H3/t14-,18-,19?/m0/s1. The Morgan fingerprint density at radius 3 is 2.96 bits per heavy atom. The molecule has 1 aromatic rings. The SMILES string of the molecule is CO[C@H]1C=CC2=CC[N+]3([O-])CCc4cc5c(cc4[C@]23C1)OCO5. The van der Waals surface area contributed by atoms with Crippen LogP contribution in [0.3, 0.4) is 0 Å². The lowest BCUT2D eigenvalue weighted by molar-refractivity contribution is -0.926. The fourth-order valence-electron chi connectivity index (χ4n) is 4.67. The van der Waals surface area contributed by atoms with Crippen LogP contribution in [0.5, 0.6) is 11.5 Å². The van der Waals surface area contributed by atoms with Gasteiger partial charge < -0.3 is 24.1 Å². The maximum atomic E-state index is 13.7. The van der Waals surface area contributed by atoms with E-state index in [1.165, 1.54) is 5.56 Å². The zero-order valence-electron chi connectivity index (χ0n) is 13.1. The Hall–Kier alpha value is -1.82. The molecular formula is C18H19NO4. The van der Waals surface area contributed by atoms with Gasteiger partial charge in [-0.05, 0) is 23.8 Å². The summed E-state index contributed by atoms with van der Waals surface area (Å²) in [6.45, 7) is 1.38. The van der Waals surface area contributed by atoms with E-state index in [2.05, 4.69) is 24.3 Å². The van der Waals surface area contributed by atoms with E-state index < -0.39 is 5.54 Å². The van der Waals surface area contributed by atoms with Crippen LogP contribution in [-0.4, -0.2) is 37.7 Å². The van der Waals surface area contributed by atoms with Gasteiger partial charge in [0.15, 0.2) is 17.0 Å². The molecule has 1 aliphatic carbocycles. The summed E-state index contributed by atoms with van der Waals surface area (Å²) in [7, 11) is 1.71. The monoisotopic (exact) mass is 313 g/mol. The molecule has 3 heterocycles. The number of benzene rings is 1. The number of hydrogen-bond donors (Lipinski definition) is 0. The minimum atomic E-state index is -0.565. The van der Waals surface area contributed by atoms with Gasteiger partial charge in [0.05, 0.1) is 19.2 Å². The van der Waals surface area contributed by atoms with Crippen molar-refractivity contribution in [3.8, 4) is 11.5 Å². The molecule has 23 heavy (non-hydrogen) atoms. The zero-order chi connectivity index (χ0) is 15.7. The van der Waals surface area contributed by atoms with Crippen molar-refractivity contribution in [2.45, 2.75) is 24.5 Å². The van der Waals surface area contributed by atoms with E-state index in [0.717, 1.165) is 29.1 Å². The van der Waals surface area contributed by atoms with Gasteiger partial charge in [0.2, 0.25) is 6.79 Å². The van der Waals surface area contributed by atoms with Crippen molar-refractivity contribution in [2.75, 3.05) is 27.0 Å². The summed E-state index contributed by atoms with van der Waals surface area (Å²) in [5, 5.41) is 13.7. The molecule has 5 rings (SSSR count). The van der Waals surface area contributed by atoms with Crippen LogP contribution in [0.4, 0.5) is 0 Å². The largest absolute Gasteiger partial charge is 0.632 e. The van der Waals surface area contributed by atoms with Crippen LogP contribution in [0.1, 0.15) is 17.5 Å².